The standard InChI is InChI=1S/C22H28N4O2/c1-22(21(27)23-12-15-7-8-15)14-26(2)13-16-9-10-19(25-20(16)22)24-17-5-4-6-18(11-17)28-3/h4-6,9-11,15H,7-8,12-14H2,1-3H3,(H,23,27)(H,24,25). The fourth-order valence-electron chi connectivity index (χ4n) is 3.91. The Hall–Kier alpha value is -2.60. The Kier molecular flexibility index (Phi) is 4.98. The van der Waals surface area contributed by atoms with Gasteiger partial charge in [-0.3, -0.25) is 4.79 Å². The topological polar surface area (TPSA) is 66.5 Å². The third kappa shape index (κ3) is 3.83. The van der Waals surface area contributed by atoms with Gasteiger partial charge >= 0.3 is 0 Å². The van der Waals surface area contributed by atoms with Crippen molar-refractivity contribution < 1.29 is 9.53 Å². The number of anilines is 2. The number of fused-ring (bicyclic) bond motifs is 1. The van der Waals surface area contributed by atoms with Crippen LogP contribution in [0.15, 0.2) is 36.4 Å². The quantitative estimate of drug-likeness (QED) is 0.806. The van der Waals surface area contributed by atoms with Crippen LogP contribution in [-0.2, 0) is 16.8 Å². The number of hydrogen-bond acceptors (Lipinski definition) is 5. The number of hydrogen-bond donors (Lipinski definition) is 2. The molecule has 0 spiro atoms. The van der Waals surface area contributed by atoms with Crippen molar-refractivity contribution in [1.29, 1.82) is 0 Å². The number of amides is 1. The van der Waals surface area contributed by atoms with E-state index in [1.54, 1.807) is 7.11 Å². The molecule has 1 aromatic heterocycles. The molecule has 28 heavy (non-hydrogen) atoms. The minimum atomic E-state index is -0.663. The molecule has 2 heterocycles. The Labute approximate surface area is 166 Å². The molecule has 1 saturated carbocycles. The fraction of sp³-hybridized carbons (Fsp3) is 0.455. The van der Waals surface area contributed by atoms with Gasteiger partial charge < -0.3 is 20.3 Å². The summed E-state index contributed by atoms with van der Waals surface area (Å²) in [6.07, 6.45) is 2.45. The molecular weight excluding hydrogens is 352 g/mol. The van der Waals surface area contributed by atoms with E-state index >= 15 is 0 Å². The summed E-state index contributed by atoms with van der Waals surface area (Å²) in [5.41, 5.74) is 2.21. The fourth-order valence-corrected chi connectivity index (χ4v) is 3.91. The average molecular weight is 380 g/mol. The molecule has 6 heteroatoms. The van der Waals surface area contributed by atoms with Crippen LogP contribution in [0, 0.1) is 5.92 Å². The second-order valence-corrected chi connectivity index (χ2v) is 8.22. The van der Waals surface area contributed by atoms with Crippen molar-refractivity contribution in [2.45, 2.75) is 31.7 Å². The van der Waals surface area contributed by atoms with Crippen molar-refractivity contribution >= 4 is 17.4 Å². The number of pyridine rings is 1. The highest BCUT2D eigenvalue weighted by atomic mass is 16.5. The Morgan fingerprint density at radius 1 is 1.32 bits per heavy atom. The maximum atomic E-state index is 13.1. The first-order chi connectivity index (χ1) is 13.5. The molecule has 1 atom stereocenters. The Bertz CT molecular complexity index is 881. The van der Waals surface area contributed by atoms with E-state index in [0.717, 1.165) is 41.6 Å². The molecule has 2 aliphatic rings. The number of nitrogens with one attached hydrogen (secondary N) is 2. The molecule has 6 nitrogen and oxygen atoms in total. The third-order valence-electron chi connectivity index (χ3n) is 5.62. The largest absolute Gasteiger partial charge is 0.497 e. The normalized spacial score (nSPS) is 21.7. The first-order valence-corrected chi connectivity index (χ1v) is 9.86. The number of nitrogens with zero attached hydrogens (tertiary/aromatic N) is 2. The van der Waals surface area contributed by atoms with Gasteiger partial charge in [0.05, 0.1) is 12.8 Å². The summed E-state index contributed by atoms with van der Waals surface area (Å²) in [5.74, 6) is 2.24. The molecule has 148 valence electrons. The summed E-state index contributed by atoms with van der Waals surface area (Å²) >= 11 is 0. The van der Waals surface area contributed by atoms with E-state index in [2.05, 4.69) is 28.6 Å². The van der Waals surface area contributed by atoms with Crippen LogP contribution >= 0.6 is 0 Å². The molecule has 4 rings (SSSR count). The summed E-state index contributed by atoms with van der Waals surface area (Å²) in [6.45, 7) is 4.24. The number of carbonyl (C=O) groups excluding carboxylic acids is 1. The minimum absolute atomic E-state index is 0.0678. The second kappa shape index (κ2) is 7.43. The summed E-state index contributed by atoms with van der Waals surface area (Å²) in [6, 6.07) is 11.8. The zero-order chi connectivity index (χ0) is 19.7. The Balaban J connectivity index is 1.61. The van der Waals surface area contributed by atoms with Gasteiger partial charge in [0.1, 0.15) is 17.0 Å². The van der Waals surface area contributed by atoms with Crippen LogP contribution in [0.4, 0.5) is 11.5 Å². The molecule has 0 saturated heterocycles. The highest BCUT2D eigenvalue weighted by Crippen LogP contribution is 2.34. The Morgan fingerprint density at radius 3 is 2.89 bits per heavy atom. The molecule has 1 unspecified atom stereocenters. The lowest BCUT2D eigenvalue weighted by atomic mass is 9.79. The Morgan fingerprint density at radius 2 is 2.14 bits per heavy atom. The van der Waals surface area contributed by atoms with Gasteiger partial charge in [-0.05, 0) is 56.5 Å². The van der Waals surface area contributed by atoms with E-state index < -0.39 is 5.41 Å². The monoisotopic (exact) mass is 380 g/mol. The molecule has 2 aromatic rings. The number of benzene rings is 1. The number of likely N-dealkylation sites (N-methyl/N-ethyl adjacent to an activating group) is 1. The van der Waals surface area contributed by atoms with E-state index in [1.165, 1.54) is 12.8 Å². The smallest absolute Gasteiger partial charge is 0.233 e. The van der Waals surface area contributed by atoms with E-state index in [1.807, 2.05) is 37.3 Å². The molecule has 1 fully saturated rings. The third-order valence-corrected chi connectivity index (χ3v) is 5.62. The van der Waals surface area contributed by atoms with Crippen LogP contribution in [0.1, 0.15) is 31.0 Å². The van der Waals surface area contributed by atoms with Crippen LogP contribution in [0.5, 0.6) is 5.75 Å². The molecule has 2 N–H and O–H groups in total. The summed E-state index contributed by atoms with van der Waals surface area (Å²) in [4.78, 5) is 20.2. The summed E-state index contributed by atoms with van der Waals surface area (Å²) in [7, 11) is 3.70. The lowest BCUT2D eigenvalue weighted by Gasteiger charge is -2.38. The lowest BCUT2D eigenvalue weighted by Crippen LogP contribution is -2.53. The van der Waals surface area contributed by atoms with Gasteiger partial charge in [-0.25, -0.2) is 4.98 Å². The highest BCUT2D eigenvalue weighted by Gasteiger charge is 2.43. The average Bonchev–Trinajstić information content (AvgIpc) is 3.51. The number of methoxy groups -OCH3 is 1. The summed E-state index contributed by atoms with van der Waals surface area (Å²) < 4.78 is 5.29. The molecule has 1 aliphatic heterocycles. The lowest BCUT2D eigenvalue weighted by molar-refractivity contribution is -0.127. The summed E-state index contributed by atoms with van der Waals surface area (Å²) in [5, 5.41) is 6.50. The van der Waals surface area contributed by atoms with E-state index in [-0.39, 0.29) is 5.91 Å². The second-order valence-electron chi connectivity index (χ2n) is 8.22. The van der Waals surface area contributed by atoms with Crippen molar-refractivity contribution in [3.8, 4) is 5.75 Å². The van der Waals surface area contributed by atoms with Crippen molar-refractivity contribution in [3.63, 3.8) is 0 Å². The molecule has 1 aliphatic carbocycles. The number of carbonyl (C=O) groups is 1. The van der Waals surface area contributed by atoms with Crippen molar-refractivity contribution in [1.82, 2.24) is 15.2 Å². The molecule has 0 radical (unpaired) electrons. The van der Waals surface area contributed by atoms with Crippen LogP contribution in [-0.4, -0.2) is 43.0 Å². The van der Waals surface area contributed by atoms with Gasteiger partial charge in [0.15, 0.2) is 0 Å². The highest BCUT2D eigenvalue weighted by molar-refractivity contribution is 5.88. The van der Waals surface area contributed by atoms with Crippen LogP contribution in [0.25, 0.3) is 0 Å². The molecular formula is C22H28N4O2. The van der Waals surface area contributed by atoms with Crippen molar-refractivity contribution in [2.24, 2.45) is 5.92 Å². The van der Waals surface area contributed by atoms with Gasteiger partial charge in [-0.15, -0.1) is 0 Å². The molecule has 1 aromatic carbocycles. The van der Waals surface area contributed by atoms with Gasteiger partial charge in [0, 0.05) is 31.4 Å². The minimum Gasteiger partial charge on any atom is -0.497 e. The van der Waals surface area contributed by atoms with Crippen LogP contribution in [0.2, 0.25) is 0 Å². The first kappa shape index (κ1) is 18.7. The van der Waals surface area contributed by atoms with Gasteiger partial charge in [-0.2, -0.15) is 0 Å². The van der Waals surface area contributed by atoms with E-state index in [4.69, 9.17) is 9.72 Å². The molecule has 1 amide bonds. The zero-order valence-corrected chi connectivity index (χ0v) is 16.8. The van der Waals surface area contributed by atoms with Crippen molar-refractivity contribution in [3.05, 3.63) is 47.7 Å². The van der Waals surface area contributed by atoms with E-state index in [0.29, 0.717) is 12.5 Å². The maximum absolute atomic E-state index is 13.1. The maximum Gasteiger partial charge on any atom is 0.233 e. The number of aromatic nitrogens is 1. The van der Waals surface area contributed by atoms with Gasteiger partial charge in [-0.1, -0.05) is 12.1 Å². The van der Waals surface area contributed by atoms with E-state index in [9.17, 15) is 4.79 Å². The number of ether oxygens (including phenoxy) is 1. The molecule has 0 bridgehead atoms. The predicted octanol–water partition coefficient (Wildman–Crippen LogP) is 3.06. The first-order valence-electron chi connectivity index (χ1n) is 9.86. The van der Waals surface area contributed by atoms with Crippen LogP contribution in [0.3, 0.4) is 0 Å². The number of rotatable bonds is 6. The van der Waals surface area contributed by atoms with Gasteiger partial charge in [0.2, 0.25) is 5.91 Å². The SMILES string of the molecule is COc1cccc(Nc2ccc3c(n2)C(C)(C(=O)NCC2CC2)CN(C)C3)c1. The van der Waals surface area contributed by atoms with Gasteiger partial charge in [0.25, 0.3) is 0 Å². The van der Waals surface area contributed by atoms with Crippen molar-refractivity contribution in [2.75, 3.05) is 32.6 Å². The zero-order valence-electron chi connectivity index (χ0n) is 16.8. The van der Waals surface area contributed by atoms with Crippen LogP contribution < -0.4 is 15.4 Å². The predicted molar refractivity (Wildman–Crippen MR) is 110 cm³/mol.